The second kappa shape index (κ2) is 6.79. The average Bonchev–Trinajstić information content (AvgIpc) is 2.48. The fourth-order valence-electron chi connectivity index (χ4n) is 3.67. The molecule has 2 aromatic rings. The third-order valence-corrected chi connectivity index (χ3v) is 5.63. The zero-order valence-corrected chi connectivity index (χ0v) is 18.6. The predicted octanol–water partition coefficient (Wildman–Crippen LogP) is 6.48. The van der Waals surface area contributed by atoms with Crippen LogP contribution in [0.4, 0.5) is 0 Å². The normalized spacial score (nSPS) is 15.1. The lowest BCUT2D eigenvalue weighted by atomic mass is 9.81. The molecule has 146 valence electrons. The zero-order chi connectivity index (χ0) is 20.1. The van der Waals surface area contributed by atoms with Gasteiger partial charge in [0.1, 0.15) is 11.5 Å². The number of hydrogen-bond donors (Lipinski definition) is 1. The smallest absolute Gasteiger partial charge is 0.417 e. The summed E-state index contributed by atoms with van der Waals surface area (Å²) in [4.78, 5) is 10.6. The van der Waals surface area contributed by atoms with Crippen molar-refractivity contribution in [3.63, 3.8) is 0 Å². The Balaban J connectivity index is 2.26. The molecule has 27 heavy (non-hydrogen) atoms. The molecule has 4 heteroatoms. The predicted molar refractivity (Wildman–Crippen MR) is 113 cm³/mol. The van der Waals surface area contributed by atoms with Crippen molar-refractivity contribution in [1.29, 1.82) is 0 Å². The molecule has 0 aliphatic carbocycles. The first-order chi connectivity index (χ1) is 12.4. The van der Waals surface area contributed by atoms with E-state index in [1.165, 1.54) is 11.1 Å². The Morgan fingerprint density at radius 1 is 0.741 bits per heavy atom. The van der Waals surface area contributed by atoms with Gasteiger partial charge >= 0.3 is 8.60 Å². The van der Waals surface area contributed by atoms with Crippen LogP contribution in [-0.2, 0) is 17.3 Å². The maximum absolute atomic E-state index is 10.6. The Bertz CT molecular complexity index is 801. The molecule has 0 saturated carbocycles. The van der Waals surface area contributed by atoms with Crippen LogP contribution in [0.15, 0.2) is 24.3 Å². The Hall–Kier alpha value is -1.57. The van der Waals surface area contributed by atoms with Gasteiger partial charge in [-0.15, -0.1) is 0 Å². The van der Waals surface area contributed by atoms with Crippen molar-refractivity contribution in [2.24, 2.45) is 0 Å². The second-order valence-corrected chi connectivity index (χ2v) is 10.5. The van der Waals surface area contributed by atoms with Gasteiger partial charge in [-0.3, -0.25) is 0 Å². The van der Waals surface area contributed by atoms with Crippen molar-refractivity contribution < 1.29 is 13.9 Å². The van der Waals surface area contributed by atoms with Crippen LogP contribution < -0.4 is 9.05 Å². The van der Waals surface area contributed by atoms with Gasteiger partial charge in [-0.05, 0) is 35.8 Å². The van der Waals surface area contributed by atoms with Crippen LogP contribution in [0.1, 0.15) is 74.9 Å². The summed E-state index contributed by atoms with van der Waals surface area (Å²) in [6, 6.07) is 8.65. The minimum Gasteiger partial charge on any atom is -0.417 e. The van der Waals surface area contributed by atoms with E-state index in [1.54, 1.807) is 0 Å². The van der Waals surface area contributed by atoms with E-state index in [-0.39, 0.29) is 10.8 Å². The summed E-state index contributed by atoms with van der Waals surface area (Å²) in [7, 11) is -2.05. The maximum Gasteiger partial charge on any atom is 0.460 e. The van der Waals surface area contributed by atoms with Crippen LogP contribution in [0.3, 0.4) is 0 Å². The third-order valence-electron chi connectivity index (χ3n) is 4.96. The number of benzene rings is 2. The van der Waals surface area contributed by atoms with Crippen molar-refractivity contribution in [3.05, 3.63) is 57.6 Å². The number of aryl methyl sites for hydroxylation is 2. The van der Waals surface area contributed by atoms with E-state index in [2.05, 4.69) is 79.7 Å². The Labute approximate surface area is 164 Å². The first-order valence-electron chi connectivity index (χ1n) is 9.49. The van der Waals surface area contributed by atoms with E-state index in [4.69, 9.17) is 9.05 Å². The molecule has 0 unspecified atom stereocenters. The zero-order valence-electron chi connectivity index (χ0n) is 17.7. The largest absolute Gasteiger partial charge is 0.460 e. The lowest BCUT2D eigenvalue weighted by Crippen LogP contribution is -2.18. The molecule has 0 aromatic heterocycles. The fraction of sp³-hybridized carbons (Fsp3) is 0.478. The highest BCUT2D eigenvalue weighted by Crippen LogP contribution is 2.49. The molecule has 1 aliphatic heterocycles. The Morgan fingerprint density at radius 2 is 1.11 bits per heavy atom. The maximum atomic E-state index is 10.6. The number of fused-ring (bicyclic) bond motifs is 2. The van der Waals surface area contributed by atoms with Crippen LogP contribution in [0.5, 0.6) is 11.5 Å². The van der Waals surface area contributed by atoms with E-state index >= 15 is 0 Å². The van der Waals surface area contributed by atoms with Gasteiger partial charge in [0.15, 0.2) is 0 Å². The van der Waals surface area contributed by atoms with Crippen molar-refractivity contribution in [2.45, 2.75) is 72.6 Å². The molecule has 3 nitrogen and oxygen atoms in total. The van der Waals surface area contributed by atoms with Gasteiger partial charge in [0.2, 0.25) is 0 Å². The summed E-state index contributed by atoms with van der Waals surface area (Å²) < 4.78 is 12.0. The molecular formula is C23H31O3P. The summed E-state index contributed by atoms with van der Waals surface area (Å²) in [5.41, 5.74) is 6.67. The van der Waals surface area contributed by atoms with E-state index in [9.17, 15) is 4.89 Å². The summed E-state index contributed by atoms with van der Waals surface area (Å²) in [6.45, 7) is 17.2. The van der Waals surface area contributed by atoms with Gasteiger partial charge in [-0.25, -0.2) is 0 Å². The second-order valence-electron chi connectivity index (χ2n) is 9.70. The molecule has 1 heterocycles. The van der Waals surface area contributed by atoms with Crippen LogP contribution in [0, 0.1) is 13.8 Å². The van der Waals surface area contributed by atoms with Crippen LogP contribution in [0.25, 0.3) is 0 Å². The molecule has 0 bridgehead atoms. The minimum absolute atomic E-state index is 0.0858. The SMILES string of the molecule is Cc1cc2c(c(C(C)(C)C)c1)OP(O)Oc1c(cc(C)cc1C(C)(C)C)C2. The molecule has 3 rings (SSSR count). The van der Waals surface area contributed by atoms with Crippen LogP contribution in [0.2, 0.25) is 0 Å². The van der Waals surface area contributed by atoms with Crippen LogP contribution in [-0.4, -0.2) is 4.89 Å². The molecule has 0 saturated heterocycles. The average molecular weight is 386 g/mol. The minimum atomic E-state index is -2.05. The Kier molecular flexibility index (Phi) is 5.08. The van der Waals surface area contributed by atoms with Gasteiger partial charge in [0.05, 0.1) is 0 Å². The van der Waals surface area contributed by atoms with Crippen LogP contribution >= 0.6 is 8.60 Å². The van der Waals surface area contributed by atoms with E-state index in [0.29, 0.717) is 0 Å². The van der Waals surface area contributed by atoms with Gasteiger partial charge in [0, 0.05) is 17.5 Å². The topological polar surface area (TPSA) is 38.7 Å². The molecule has 0 spiro atoms. The van der Waals surface area contributed by atoms with Crippen molar-refractivity contribution in [3.8, 4) is 11.5 Å². The first-order valence-corrected chi connectivity index (χ1v) is 10.6. The Morgan fingerprint density at radius 3 is 1.44 bits per heavy atom. The monoisotopic (exact) mass is 386 g/mol. The van der Waals surface area contributed by atoms with E-state index in [0.717, 1.165) is 40.2 Å². The molecule has 1 N–H and O–H groups in total. The van der Waals surface area contributed by atoms with Gasteiger partial charge in [0.25, 0.3) is 0 Å². The van der Waals surface area contributed by atoms with Gasteiger partial charge in [-0.2, -0.15) is 0 Å². The van der Waals surface area contributed by atoms with Crippen molar-refractivity contribution in [1.82, 2.24) is 0 Å². The molecule has 2 aromatic carbocycles. The third kappa shape index (κ3) is 4.15. The van der Waals surface area contributed by atoms with Gasteiger partial charge in [-0.1, -0.05) is 76.9 Å². The highest BCUT2D eigenvalue weighted by molar-refractivity contribution is 7.41. The molecule has 1 aliphatic rings. The van der Waals surface area contributed by atoms with Crippen molar-refractivity contribution in [2.75, 3.05) is 0 Å². The molecule has 0 radical (unpaired) electrons. The summed E-state index contributed by atoms with van der Waals surface area (Å²) in [5, 5.41) is 0. The highest BCUT2D eigenvalue weighted by atomic mass is 31.2. The standard InChI is InChI=1S/C23H31O3P/c1-14-9-16-13-17-10-15(2)12-19(23(6,7)8)21(17)26-27(24)25-20(16)18(11-14)22(3,4)5/h9-12,24H,13H2,1-8H3. The summed E-state index contributed by atoms with van der Waals surface area (Å²) >= 11 is 0. The molecule has 0 amide bonds. The summed E-state index contributed by atoms with van der Waals surface area (Å²) in [6.07, 6.45) is 0.726. The lowest BCUT2D eigenvalue weighted by molar-refractivity contribution is 0.364. The summed E-state index contributed by atoms with van der Waals surface area (Å²) in [5.74, 6) is 1.54. The number of hydrogen-bond acceptors (Lipinski definition) is 3. The molecular weight excluding hydrogens is 355 g/mol. The van der Waals surface area contributed by atoms with E-state index < -0.39 is 8.60 Å². The first kappa shape index (κ1) is 20.2. The highest BCUT2D eigenvalue weighted by Gasteiger charge is 2.31. The molecule has 0 fully saturated rings. The van der Waals surface area contributed by atoms with Gasteiger partial charge < -0.3 is 13.9 Å². The molecule has 0 atom stereocenters. The fourth-order valence-corrected chi connectivity index (χ4v) is 4.45. The van der Waals surface area contributed by atoms with Crippen molar-refractivity contribution >= 4 is 8.60 Å². The number of rotatable bonds is 0. The quantitative estimate of drug-likeness (QED) is 0.527. The lowest BCUT2D eigenvalue weighted by Gasteiger charge is -2.31. The van der Waals surface area contributed by atoms with E-state index in [1.807, 2.05) is 0 Å².